The Kier molecular flexibility index (Phi) is 10.8. The van der Waals surface area contributed by atoms with Crippen LogP contribution in [0.5, 0.6) is 0 Å². The van der Waals surface area contributed by atoms with Crippen LogP contribution in [0, 0.1) is 11.8 Å². The Bertz CT molecular complexity index is 482. The molecule has 25 heavy (non-hydrogen) atoms. The highest BCUT2D eigenvalue weighted by atomic mass is 16.4. The van der Waals surface area contributed by atoms with E-state index in [9.17, 15) is 24.3 Å². The number of aliphatic carboxylic acids is 1. The fourth-order valence-electron chi connectivity index (χ4n) is 2.20. The molecular formula is C15H27N3O7. The van der Waals surface area contributed by atoms with Crippen molar-refractivity contribution in [2.24, 2.45) is 23.3 Å². The van der Waals surface area contributed by atoms with Crippen LogP contribution in [0.1, 0.15) is 26.2 Å². The molecule has 0 aromatic carbocycles. The molecule has 8 N–H and O–H groups in total. The summed E-state index contributed by atoms with van der Waals surface area (Å²) in [5, 5.41) is 29.8. The zero-order valence-corrected chi connectivity index (χ0v) is 14.2. The summed E-state index contributed by atoms with van der Waals surface area (Å²) in [6.07, 6.45) is -1.58. The van der Waals surface area contributed by atoms with E-state index in [1.165, 1.54) is 6.92 Å². The fourth-order valence-corrected chi connectivity index (χ4v) is 2.20. The van der Waals surface area contributed by atoms with Crippen molar-refractivity contribution >= 4 is 23.4 Å². The first-order chi connectivity index (χ1) is 11.6. The number of amides is 1. The van der Waals surface area contributed by atoms with Crippen molar-refractivity contribution in [3.8, 4) is 0 Å². The van der Waals surface area contributed by atoms with Gasteiger partial charge in [-0.25, -0.2) is 0 Å². The molecule has 0 aliphatic carbocycles. The van der Waals surface area contributed by atoms with E-state index >= 15 is 0 Å². The van der Waals surface area contributed by atoms with Gasteiger partial charge < -0.3 is 32.1 Å². The Balaban J connectivity index is 4.55. The molecule has 4 atom stereocenters. The number of hydrogen-bond acceptors (Lipinski definition) is 8. The van der Waals surface area contributed by atoms with E-state index in [1.54, 1.807) is 0 Å². The number of ketones is 2. The normalized spacial score (nSPS) is 15.8. The van der Waals surface area contributed by atoms with E-state index in [1.807, 2.05) is 0 Å². The van der Waals surface area contributed by atoms with Gasteiger partial charge in [0.05, 0.1) is 31.2 Å². The second-order valence-electron chi connectivity index (χ2n) is 6.06. The summed E-state index contributed by atoms with van der Waals surface area (Å²) in [6, 6.07) is -1.04. The van der Waals surface area contributed by atoms with Crippen molar-refractivity contribution in [1.29, 1.82) is 0 Å². The number of rotatable bonds is 14. The van der Waals surface area contributed by atoms with Crippen LogP contribution in [0.4, 0.5) is 0 Å². The van der Waals surface area contributed by atoms with Crippen LogP contribution in [0.2, 0.25) is 0 Å². The van der Waals surface area contributed by atoms with Crippen molar-refractivity contribution in [3.05, 3.63) is 0 Å². The minimum Gasteiger partial charge on any atom is -0.481 e. The lowest BCUT2D eigenvalue weighted by Crippen LogP contribution is -2.45. The number of carboxylic acids is 1. The van der Waals surface area contributed by atoms with Crippen molar-refractivity contribution < 1.29 is 34.5 Å². The average Bonchev–Trinajstić information content (AvgIpc) is 2.50. The number of Topliss-reactive ketones (excluding diaryl/α,β-unsaturated/α-hetero) is 2. The van der Waals surface area contributed by atoms with Gasteiger partial charge in [-0.15, -0.1) is 0 Å². The zero-order valence-electron chi connectivity index (χ0n) is 14.2. The van der Waals surface area contributed by atoms with Crippen LogP contribution in [0.3, 0.4) is 0 Å². The maximum Gasteiger partial charge on any atom is 0.309 e. The number of aliphatic hydroxyl groups excluding tert-OH is 2. The molecule has 1 amide bonds. The number of carboxylic acid groups (broad SMARTS) is 1. The number of nitrogens with two attached hydrogens (primary N) is 2. The van der Waals surface area contributed by atoms with Gasteiger partial charge in [-0.3, -0.25) is 19.2 Å². The van der Waals surface area contributed by atoms with Crippen LogP contribution < -0.4 is 16.8 Å². The molecule has 0 fully saturated rings. The predicted molar refractivity (Wildman–Crippen MR) is 87.3 cm³/mol. The third-order valence-electron chi connectivity index (χ3n) is 3.67. The molecule has 144 valence electrons. The molecule has 0 radical (unpaired) electrons. The topological polar surface area (TPSA) is 193 Å². The van der Waals surface area contributed by atoms with Crippen LogP contribution >= 0.6 is 0 Å². The third-order valence-corrected chi connectivity index (χ3v) is 3.67. The Morgan fingerprint density at radius 2 is 1.72 bits per heavy atom. The minimum atomic E-state index is -1.28. The Labute approximate surface area is 145 Å². The van der Waals surface area contributed by atoms with Gasteiger partial charge in [0, 0.05) is 19.3 Å². The largest absolute Gasteiger partial charge is 0.481 e. The Morgan fingerprint density at radius 3 is 2.16 bits per heavy atom. The number of hydrogen-bond donors (Lipinski definition) is 6. The summed E-state index contributed by atoms with van der Waals surface area (Å²) in [5.74, 6) is -4.48. The molecule has 0 aliphatic heterocycles. The highest BCUT2D eigenvalue weighted by molar-refractivity contribution is 5.86. The Hall–Kier alpha value is -1.88. The van der Waals surface area contributed by atoms with E-state index in [2.05, 4.69) is 5.32 Å². The van der Waals surface area contributed by atoms with Crippen molar-refractivity contribution in [2.45, 2.75) is 38.3 Å². The van der Waals surface area contributed by atoms with Gasteiger partial charge in [-0.05, 0) is 19.4 Å². The van der Waals surface area contributed by atoms with Crippen LogP contribution in [0.25, 0.3) is 0 Å². The second-order valence-corrected chi connectivity index (χ2v) is 6.06. The first kappa shape index (κ1) is 23.1. The molecule has 0 spiro atoms. The predicted octanol–water partition coefficient (Wildman–Crippen LogP) is -2.61. The monoisotopic (exact) mass is 361 g/mol. The fraction of sp³-hybridized carbons (Fsp3) is 0.733. The number of aliphatic hydroxyl groups is 2. The van der Waals surface area contributed by atoms with Gasteiger partial charge >= 0.3 is 5.97 Å². The number of carbonyl (C=O) groups excluding carboxylic acids is 3. The minimum absolute atomic E-state index is 0.115. The summed E-state index contributed by atoms with van der Waals surface area (Å²) >= 11 is 0. The molecule has 0 aliphatic rings. The van der Waals surface area contributed by atoms with E-state index in [0.717, 1.165) is 0 Å². The molecule has 0 saturated carbocycles. The smallest absolute Gasteiger partial charge is 0.309 e. The van der Waals surface area contributed by atoms with Gasteiger partial charge in [0.2, 0.25) is 5.91 Å². The molecule has 0 aromatic rings. The summed E-state index contributed by atoms with van der Waals surface area (Å²) in [5.41, 5.74) is 10.6. The highest BCUT2D eigenvalue weighted by Gasteiger charge is 2.24. The number of primary amides is 1. The quantitative estimate of drug-likeness (QED) is 0.192. The average molecular weight is 361 g/mol. The first-order valence-corrected chi connectivity index (χ1v) is 7.89. The van der Waals surface area contributed by atoms with E-state index in [4.69, 9.17) is 21.7 Å². The van der Waals surface area contributed by atoms with E-state index < -0.39 is 54.0 Å². The summed E-state index contributed by atoms with van der Waals surface area (Å²) in [6.45, 7) is 0.691. The molecular weight excluding hydrogens is 334 g/mol. The Morgan fingerprint density at radius 1 is 1.12 bits per heavy atom. The molecule has 10 nitrogen and oxygen atoms in total. The number of nitrogens with one attached hydrogen (secondary N) is 1. The van der Waals surface area contributed by atoms with Gasteiger partial charge in [0.15, 0.2) is 5.78 Å². The third kappa shape index (κ3) is 9.87. The van der Waals surface area contributed by atoms with Crippen LogP contribution in [0.15, 0.2) is 0 Å². The second kappa shape index (κ2) is 11.6. The summed E-state index contributed by atoms with van der Waals surface area (Å²) in [7, 11) is 0. The maximum absolute atomic E-state index is 11.9. The SMILES string of the molecule is CC(O)[C@H](N)C(=O)CNC[C@H](CC(N)=O)CC(=O)C[C@@H](CO)C(=O)O. The van der Waals surface area contributed by atoms with Gasteiger partial charge in [-0.1, -0.05) is 0 Å². The molecule has 0 bridgehead atoms. The maximum atomic E-state index is 11.9. The lowest BCUT2D eigenvalue weighted by atomic mass is 9.93. The van der Waals surface area contributed by atoms with Gasteiger partial charge in [0.1, 0.15) is 5.78 Å². The lowest BCUT2D eigenvalue weighted by Gasteiger charge is -2.18. The first-order valence-electron chi connectivity index (χ1n) is 7.89. The van der Waals surface area contributed by atoms with Crippen LogP contribution in [-0.2, 0) is 19.2 Å². The van der Waals surface area contributed by atoms with Crippen molar-refractivity contribution in [3.63, 3.8) is 0 Å². The van der Waals surface area contributed by atoms with Gasteiger partial charge in [-0.2, -0.15) is 0 Å². The van der Waals surface area contributed by atoms with Gasteiger partial charge in [0.25, 0.3) is 0 Å². The molecule has 1 unspecified atom stereocenters. The molecule has 0 rings (SSSR count). The molecule has 0 aromatic heterocycles. The molecule has 10 heteroatoms. The lowest BCUT2D eigenvalue weighted by molar-refractivity contribution is -0.145. The number of carbonyl (C=O) groups is 4. The molecule has 0 saturated heterocycles. The van der Waals surface area contributed by atoms with Crippen molar-refractivity contribution in [1.82, 2.24) is 5.32 Å². The van der Waals surface area contributed by atoms with E-state index in [-0.39, 0.29) is 32.4 Å². The van der Waals surface area contributed by atoms with E-state index in [0.29, 0.717) is 0 Å². The standard InChI is InChI=1S/C15H27N3O7/c1-8(20)14(17)12(22)6-18-5-9(3-13(16)23)2-11(21)4-10(7-19)15(24)25/h8-10,14,18-20H,2-7,17H2,1H3,(H2,16,23)(H,24,25)/t8?,9-,10-,14-/m0/s1. The van der Waals surface area contributed by atoms with Crippen molar-refractivity contribution in [2.75, 3.05) is 19.7 Å². The molecule has 0 heterocycles. The summed E-state index contributed by atoms with van der Waals surface area (Å²) < 4.78 is 0. The highest BCUT2D eigenvalue weighted by Crippen LogP contribution is 2.13. The van der Waals surface area contributed by atoms with Crippen LogP contribution in [-0.4, -0.2) is 70.6 Å². The zero-order chi connectivity index (χ0) is 19.6. The summed E-state index contributed by atoms with van der Waals surface area (Å²) in [4.78, 5) is 45.5.